The van der Waals surface area contributed by atoms with Gasteiger partial charge in [0.25, 0.3) is 0 Å². The molecule has 5 heteroatoms. The van der Waals surface area contributed by atoms with Gasteiger partial charge < -0.3 is 15.4 Å². The molecule has 1 aromatic rings. The van der Waals surface area contributed by atoms with Crippen LogP contribution in [0, 0.1) is 5.41 Å². The molecule has 1 aliphatic rings. The Balaban J connectivity index is 1.81. The maximum absolute atomic E-state index is 12.2. The monoisotopic (exact) mass is 304 g/mol. The highest BCUT2D eigenvalue weighted by Gasteiger charge is 2.38. The average molecular weight is 304 g/mol. The van der Waals surface area contributed by atoms with Crippen molar-refractivity contribution in [2.24, 2.45) is 5.41 Å². The van der Waals surface area contributed by atoms with Crippen LogP contribution in [0.1, 0.15) is 32.3 Å². The second-order valence-electron chi connectivity index (χ2n) is 6.23. The molecule has 120 valence electrons. The van der Waals surface area contributed by atoms with Gasteiger partial charge >= 0.3 is 0 Å². The molecule has 2 amide bonds. The van der Waals surface area contributed by atoms with E-state index in [0.29, 0.717) is 13.0 Å². The molecule has 0 bridgehead atoms. The topological polar surface area (TPSA) is 67.4 Å². The Kier molecular flexibility index (Phi) is 5.06. The van der Waals surface area contributed by atoms with Crippen molar-refractivity contribution in [2.45, 2.75) is 39.2 Å². The minimum absolute atomic E-state index is 0.200. The molecule has 0 unspecified atom stereocenters. The number of carbonyl (C=O) groups excluding carboxylic acids is 2. The van der Waals surface area contributed by atoms with Crippen LogP contribution in [-0.4, -0.2) is 31.5 Å². The summed E-state index contributed by atoms with van der Waals surface area (Å²) >= 11 is 0. The summed E-state index contributed by atoms with van der Waals surface area (Å²) in [5.74, 6) is 0.357. The van der Waals surface area contributed by atoms with Crippen molar-refractivity contribution in [3.8, 4) is 5.75 Å². The largest absolute Gasteiger partial charge is 0.497 e. The molecular weight excluding hydrogens is 280 g/mol. The number of hydrogen-bond donors (Lipinski definition) is 2. The Morgan fingerprint density at radius 1 is 1.27 bits per heavy atom. The first-order chi connectivity index (χ1) is 10.4. The summed E-state index contributed by atoms with van der Waals surface area (Å²) in [7, 11) is 1.63. The molecule has 2 rings (SSSR count). The van der Waals surface area contributed by atoms with Crippen LogP contribution in [0.3, 0.4) is 0 Å². The summed E-state index contributed by atoms with van der Waals surface area (Å²) in [5.41, 5.74) is 0.0386. The third-order valence-corrected chi connectivity index (χ3v) is 3.88. The van der Waals surface area contributed by atoms with E-state index in [0.717, 1.165) is 24.2 Å². The first-order valence-electron chi connectivity index (χ1n) is 7.65. The Hall–Kier alpha value is -2.04. The zero-order valence-electron chi connectivity index (χ0n) is 13.4. The molecule has 22 heavy (non-hydrogen) atoms. The van der Waals surface area contributed by atoms with Crippen LogP contribution in [0.15, 0.2) is 24.3 Å². The lowest BCUT2D eigenvalue weighted by Crippen LogP contribution is -2.48. The number of amides is 2. The predicted octanol–water partition coefficient (Wildman–Crippen LogP) is 1.66. The number of methoxy groups -OCH3 is 1. The Morgan fingerprint density at radius 3 is 2.64 bits per heavy atom. The molecule has 2 N–H and O–H groups in total. The van der Waals surface area contributed by atoms with Gasteiger partial charge in [0, 0.05) is 12.6 Å². The second-order valence-corrected chi connectivity index (χ2v) is 6.23. The predicted molar refractivity (Wildman–Crippen MR) is 84.7 cm³/mol. The molecule has 0 atom stereocenters. The molecule has 1 saturated carbocycles. The average Bonchev–Trinajstić information content (AvgIpc) is 3.31. The third-order valence-electron chi connectivity index (χ3n) is 3.88. The first-order valence-corrected chi connectivity index (χ1v) is 7.65. The summed E-state index contributed by atoms with van der Waals surface area (Å²) < 4.78 is 5.17. The molecule has 0 aromatic heterocycles. The lowest BCUT2D eigenvalue weighted by atomic mass is 9.91. The number of rotatable bonds is 7. The minimum Gasteiger partial charge on any atom is -0.497 e. The normalized spacial score (nSPS) is 14.3. The lowest BCUT2D eigenvalue weighted by molar-refractivity contribution is -0.141. The molecule has 1 aromatic carbocycles. The zero-order valence-corrected chi connectivity index (χ0v) is 13.4. The molecule has 0 radical (unpaired) electrons. The number of benzene rings is 1. The van der Waals surface area contributed by atoms with E-state index in [2.05, 4.69) is 10.6 Å². The van der Waals surface area contributed by atoms with Crippen LogP contribution in [-0.2, 0) is 16.0 Å². The zero-order chi connectivity index (χ0) is 16.2. The summed E-state index contributed by atoms with van der Waals surface area (Å²) in [6.45, 7) is 3.81. The summed E-state index contributed by atoms with van der Waals surface area (Å²) in [6.07, 6.45) is 2.72. The summed E-state index contributed by atoms with van der Waals surface area (Å²) in [4.78, 5) is 24.3. The Labute approximate surface area is 131 Å². The standard InChI is InChI=1S/C17H24N2O3/c1-17(2,16(21)19-13-7-8-13)15(20)18-10-9-12-5-4-6-14(11-12)22-3/h4-6,11,13H,7-10H2,1-3H3,(H,18,20)(H,19,21). The first kappa shape index (κ1) is 16.3. The van der Waals surface area contributed by atoms with E-state index in [9.17, 15) is 9.59 Å². The highest BCUT2D eigenvalue weighted by molar-refractivity contribution is 6.04. The van der Waals surface area contributed by atoms with Crippen LogP contribution in [0.5, 0.6) is 5.75 Å². The summed E-state index contributed by atoms with van der Waals surface area (Å²) in [6, 6.07) is 7.99. The van der Waals surface area contributed by atoms with Gasteiger partial charge in [0.2, 0.25) is 11.8 Å². The minimum atomic E-state index is -1.04. The van der Waals surface area contributed by atoms with Crippen LogP contribution in [0.4, 0.5) is 0 Å². The van der Waals surface area contributed by atoms with Gasteiger partial charge in [-0.15, -0.1) is 0 Å². The maximum atomic E-state index is 12.2. The third kappa shape index (κ3) is 4.23. The van der Waals surface area contributed by atoms with Gasteiger partial charge in [0.1, 0.15) is 11.2 Å². The van der Waals surface area contributed by atoms with E-state index in [1.807, 2.05) is 24.3 Å². The van der Waals surface area contributed by atoms with E-state index >= 15 is 0 Å². The van der Waals surface area contributed by atoms with Crippen LogP contribution < -0.4 is 15.4 Å². The highest BCUT2D eigenvalue weighted by atomic mass is 16.5. The van der Waals surface area contributed by atoms with Crippen molar-refractivity contribution < 1.29 is 14.3 Å². The number of nitrogens with one attached hydrogen (secondary N) is 2. The Bertz CT molecular complexity index is 551. The highest BCUT2D eigenvalue weighted by Crippen LogP contribution is 2.23. The maximum Gasteiger partial charge on any atom is 0.235 e. The van der Waals surface area contributed by atoms with E-state index < -0.39 is 5.41 Å². The second kappa shape index (κ2) is 6.81. The Morgan fingerprint density at radius 2 is 2.00 bits per heavy atom. The van der Waals surface area contributed by atoms with Crippen LogP contribution in [0.25, 0.3) is 0 Å². The fraction of sp³-hybridized carbons (Fsp3) is 0.529. The number of carbonyl (C=O) groups is 2. The van der Waals surface area contributed by atoms with Gasteiger partial charge in [0.05, 0.1) is 7.11 Å². The molecule has 1 aliphatic carbocycles. The van der Waals surface area contributed by atoms with Gasteiger partial charge in [-0.25, -0.2) is 0 Å². The molecule has 0 aliphatic heterocycles. The van der Waals surface area contributed by atoms with E-state index in [-0.39, 0.29) is 17.9 Å². The van der Waals surface area contributed by atoms with E-state index in [1.165, 1.54) is 0 Å². The molecule has 0 spiro atoms. The van der Waals surface area contributed by atoms with Crippen molar-refractivity contribution in [3.63, 3.8) is 0 Å². The smallest absolute Gasteiger partial charge is 0.235 e. The van der Waals surface area contributed by atoms with Crippen LogP contribution >= 0.6 is 0 Å². The molecule has 0 saturated heterocycles. The van der Waals surface area contributed by atoms with Gasteiger partial charge in [0.15, 0.2) is 0 Å². The fourth-order valence-electron chi connectivity index (χ4n) is 2.07. The van der Waals surface area contributed by atoms with Gasteiger partial charge in [-0.2, -0.15) is 0 Å². The van der Waals surface area contributed by atoms with Crippen LogP contribution in [0.2, 0.25) is 0 Å². The van der Waals surface area contributed by atoms with Crippen molar-refractivity contribution in [3.05, 3.63) is 29.8 Å². The molecular formula is C17H24N2O3. The van der Waals surface area contributed by atoms with Gasteiger partial charge in [-0.3, -0.25) is 9.59 Å². The van der Waals surface area contributed by atoms with Crippen molar-refractivity contribution in [2.75, 3.05) is 13.7 Å². The quantitative estimate of drug-likeness (QED) is 0.753. The van der Waals surface area contributed by atoms with Crippen molar-refractivity contribution in [1.29, 1.82) is 0 Å². The van der Waals surface area contributed by atoms with Gasteiger partial charge in [-0.05, 0) is 50.8 Å². The van der Waals surface area contributed by atoms with Gasteiger partial charge in [-0.1, -0.05) is 12.1 Å². The van der Waals surface area contributed by atoms with Crippen molar-refractivity contribution >= 4 is 11.8 Å². The molecule has 0 heterocycles. The fourth-order valence-corrected chi connectivity index (χ4v) is 2.07. The number of hydrogen-bond acceptors (Lipinski definition) is 3. The number of ether oxygens (including phenoxy) is 1. The molecule has 1 fully saturated rings. The lowest BCUT2D eigenvalue weighted by Gasteiger charge is -2.22. The van der Waals surface area contributed by atoms with E-state index in [1.54, 1.807) is 21.0 Å². The molecule has 5 nitrogen and oxygen atoms in total. The summed E-state index contributed by atoms with van der Waals surface area (Å²) in [5, 5.41) is 5.72. The SMILES string of the molecule is COc1cccc(CCNC(=O)C(C)(C)C(=O)NC2CC2)c1. The van der Waals surface area contributed by atoms with E-state index in [4.69, 9.17) is 4.74 Å². The van der Waals surface area contributed by atoms with Crippen molar-refractivity contribution in [1.82, 2.24) is 10.6 Å².